The molecule has 2 aromatic rings. The van der Waals surface area contributed by atoms with Gasteiger partial charge in [-0.3, -0.25) is 14.4 Å². The molecular weight excluding hydrogens is 546 g/mol. The van der Waals surface area contributed by atoms with Gasteiger partial charge in [-0.25, -0.2) is 0 Å². The van der Waals surface area contributed by atoms with Gasteiger partial charge in [-0.15, -0.1) is 11.8 Å². The molecule has 3 amide bonds. The van der Waals surface area contributed by atoms with Crippen molar-refractivity contribution in [2.24, 2.45) is 17.8 Å². The van der Waals surface area contributed by atoms with Crippen LogP contribution in [0.15, 0.2) is 72.8 Å². The number of fused-ring (bicyclic) bond motifs is 2. The monoisotopic (exact) mass is 585 g/mol. The largest absolute Gasteiger partial charge is 0.394 e. The van der Waals surface area contributed by atoms with Crippen molar-refractivity contribution in [3.8, 4) is 0 Å². The van der Waals surface area contributed by atoms with Crippen molar-refractivity contribution in [3.63, 3.8) is 0 Å². The third-order valence-electron chi connectivity index (χ3n) is 9.22. The molecule has 0 radical (unpaired) electrons. The number of anilines is 2. The van der Waals surface area contributed by atoms with Gasteiger partial charge in [0.25, 0.3) is 5.91 Å². The molecule has 2 aromatic carbocycles. The minimum Gasteiger partial charge on any atom is -0.394 e. The van der Waals surface area contributed by atoms with Gasteiger partial charge in [-0.05, 0) is 49.4 Å². The zero-order valence-corrected chi connectivity index (χ0v) is 25.5. The molecule has 0 aliphatic carbocycles. The van der Waals surface area contributed by atoms with Gasteiger partial charge < -0.3 is 19.8 Å². The summed E-state index contributed by atoms with van der Waals surface area (Å²) < 4.78 is -0.932. The maximum atomic E-state index is 14.9. The smallest absolute Gasteiger partial charge is 0.251 e. The van der Waals surface area contributed by atoms with Crippen LogP contribution in [-0.4, -0.2) is 69.5 Å². The summed E-state index contributed by atoms with van der Waals surface area (Å²) in [4.78, 5) is 49.2. The van der Waals surface area contributed by atoms with Gasteiger partial charge >= 0.3 is 0 Å². The van der Waals surface area contributed by atoms with Gasteiger partial charge in [0.15, 0.2) is 0 Å². The van der Waals surface area contributed by atoms with Crippen LogP contribution in [-0.2, 0) is 14.4 Å². The predicted molar refractivity (Wildman–Crippen MR) is 167 cm³/mol. The highest BCUT2D eigenvalue weighted by atomic mass is 32.2. The number of para-hydroxylation sites is 2. The summed E-state index contributed by atoms with van der Waals surface area (Å²) in [5.74, 6) is -1.61. The van der Waals surface area contributed by atoms with E-state index in [1.165, 1.54) is 0 Å². The summed E-state index contributed by atoms with van der Waals surface area (Å²) in [7, 11) is 0. The molecule has 4 heterocycles. The molecule has 1 N–H and O–H groups in total. The van der Waals surface area contributed by atoms with Crippen LogP contribution in [0.4, 0.5) is 11.4 Å². The lowest BCUT2D eigenvalue weighted by Crippen LogP contribution is -2.57. The van der Waals surface area contributed by atoms with Crippen LogP contribution in [0.25, 0.3) is 0 Å². The fourth-order valence-corrected chi connectivity index (χ4v) is 9.56. The van der Waals surface area contributed by atoms with E-state index in [-0.39, 0.29) is 35.5 Å². The molecule has 4 aliphatic heterocycles. The fraction of sp³-hybridized carbons (Fsp3) is 0.441. The lowest BCUT2D eigenvalue weighted by molar-refractivity contribution is -0.142. The summed E-state index contributed by atoms with van der Waals surface area (Å²) in [6.45, 7) is 8.67. The van der Waals surface area contributed by atoms with Crippen molar-refractivity contribution in [2.75, 3.05) is 29.5 Å². The van der Waals surface area contributed by atoms with Crippen LogP contribution >= 0.6 is 11.8 Å². The van der Waals surface area contributed by atoms with Crippen LogP contribution in [0, 0.1) is 31.6 Å². The minimum absolute atomic E-state index is 0.0966. The average molecular weight is 586 g/mol. The Morgan fingerprint density at radius 3 is 2.26 bits per heavy atom. The van der Waals surface area contributed by atoms with Crippen LogP contribution in [0.3, 0.4) is 0 Å². The van der Waals surface area contributed by atoms with Gasteiger partial charge in [0.2, 0.25) is 11.8 Å². The maximum absolute atomic E-state index is 14.9. The van der Waals surface area contributed by atoms with Crippen molar-refractivity contribution in [2.45, 2.75) is 56.2 Å². The number of aliphatic hydroxyl groups is 1. The van der Waals surface area contributed by atoms with Gasteiger partial charge in [0, 0.05) is 29.7 Å². The highest BCUT2D eigenvalue weighted by molar-refractivity contribution is 8.02. The number of aliphatic hydroxyl groups excluding tert-OH is 1. The summed E-state index contributed by atoms with van der Waals surface area (Å²) in [6.07, 6.45) is 8.68. The molecule has 0 bridgehead atoms. The van der Waals surface area contributed by atoms with E-state index in [4.69, 9.17) is 0 Å². The lowest BCUT2D eigenvalue weighted by Gasteiger charge is -2.39. The molecule has 42 heavy (non-hydrogen) atoms. The zero-order valence-electron chi connectivity index (χ0n) is 24.6. The van der Waals surface area contributed by atoms with Crippen LogP contribution in [0.2, 0.25) is 0 Å². The van der Waals surface area contributed by atoms with Crippen LogP contribution < -0.4 is 9.80 Å². The number of aryl methyl sites for hydroxylation is 2. The second-order valence-corrected chi connectivity index (χ2v) is 13.8. The quantitative estimate of drug-likeness (QED) is 0.505. The topological polar surface area (TPSA) is 81.2 Å². The molecule has 0 aromatic heterocycles. The third-order valence-corrected chi connectivity index (χ3v) is 11.0. The first kappa shape index (κ1) is 28.7. The first-order chi connectivity index (χ1) is 20.2. The number of amides is 3. The fourth-order valence-electron chi connectivity index (χ4n) is 7.56. The number of carbonyl (C=O) groups excluding carboxylic acids is 3. The zero-order chi connectivity index (χ0) is 29.8. The van der Waals surface area contributed by atoms with E-state index in [9.17, 15) is 19.5 Å². The second-order valence-electron chi connectivity index (χ2n) is 12.4. The Hall–Kier alpha value is -3.36. The van der Waals surface area contributed by atoms with Crippen molar-refractivity contribution in [1.29, 1.82) is 0 Å². The molecule has 2 saturated heterocycles. The molecule has 4 aliphatic rings. The first-order valence-corrected chi connectivity index (χ1v) is 15.8. The second kappa shape index (κ2) is 11.0. The molecule has 8 heteroatoms. The Morgan fingerprint density at radius 1 is 0.905 bits per heavy atom. The Balaban J connectivity index is 1.49. The molecule has 6 atom stereocenters. The van der Waals surface area contributed by atoms with E-state index in [1.807, 2.05) is 80.6 Å². The normalized spacial score (nSPS) is 29.5. The summed E-state index contributed by atoms with van der Waals surface area (Å²) in [5.41, 5.74) is 3.62. The van der Waals surface area contributed by atoms with E-state index in [1.54, 1.807) is 26.5 Å². The maximum Gasteiger partial charge on any atom is 0.251 e. The summed E-state index contributed by atoms with van der Waals surface area (Å²) >= 11 is 1.58. The summed E-state index contributed by atoms with van der Waals surface area (Å²) in [5, 5.41) is 10.4. The number of hydrogen-bond acceptors (Lipinski definition) is 5. The van der Waals surface area contributed by atoms with Gasteiger partial charge in [-0.2, -0.15) is 0 Å². The van der Waals surface area contributed by atoms with Gasteiger partial charge in [0.1, 0.15) is 6.04 Å². The van der Waals surface area contributed by atoms with E-state index in [0.29, 0.717) is 19.5 Å². The highest BCUT2D eigenvalue weighted by Gasteiger charge is 2.71. The average Bonchev–Trinajstić information content (AvgIpc) is 3.28. The van der Waals surface area contributed by atoms with E-state index < -0.39 is 28.7 Å². The Labute approximate surface area is 252 Å². The lowest BCUT2D eigenvalue weighted by atomic mass is 9.78. The molecule has 1 spiro atoms. The number of nitrogens with zero attached hydrogens (tertiary/aromatic N) is 3. The number of hydrogen-bond donors (Lipinski definition) is 1. The molecular formula is C34H39N3O4S. The van der Waals surface area contributed by atoms with Crippen molar-refractivity contribution < 1.29 is 19.5 Å². The molecule has 220 valence electrons. The minimum atomic E-state index is -0.932. The molecule has 1 unspecified atom stereocenters. The molecule has 0 saturated carbocycles. The third kappa shape index (κ3) is 4.42. The van der Waals surface area contributed by atoms with E-state index in [2.05, 4.69) is 19.9 Å². The summed E-state index contributed by atoms with van der Waals surface area (Å²) in [6, 6.07) is 14.2. The Kier molecular flexibility index (Phi) is 7.56. The number of rotatable bonds is 6. The molecule has 2 fully saturated rings. The van der Waals surface area contributed by atoms with E-state index >= 15 is 0 Å². The Morgan fingerprint density at radius 2 is 1.60 bits per heavy atom. The SMILES string of the molecule is Cc1cccc(C)c1N1CC=C[C@]23S[C@H]4C=CCN(c5ccccc5)C(=O)[C@H]4[C@H]2C(=O)N([C@@H](CO)CC(C)C)C3C1=O. The van der Waals surface area contributed by atoms with Crippen LogP contribution in [0.5, 0.6) is 0 Å². The highest BCUT2D eigenvalue weighted by Crippen LogP contribution is 2.61. The standard InChI is InChI=1S/C34H39N3O4S/c1-21(2)19-25(20-38)37-30-33(41)36(29-22(3)11-8-12-23(29)4)18-10-16-34(30)28(32(37)40)27-26(42-34)15-9-17-35(31(27)39)24-13-6-5-7-14-24/h5-16,21,25-28,30,38H,17-20H2,1-4H3/t25-,26+,27-,28+,30?,34+/m1/s1. The molecule has 6 rings (SSSR count). The number of thioether (sulfide) groups is 1. The number of carbonyl (C=O) groups is 3. The first-order valence-electron chi connectivity index (χ1n) is 14.9. The van der Waals surface area contributed by atoms with Crippen molar-refractivity contribution >= 4 is 40.9 Å². The van der Waals surface area contributed by atoms with Gasteiger partial charge in [-0.1, -0.05) is 74.5 Å². The van der Waals surface area contributed by atoms with Crippen molar-refractivity contribution in [1.82, 2.24) is 4.90 Å². The number of benzene rings is 2. The van der Waals surface area contributed by atoms with Gasteiger partial charge in [0.05, 0.1) is 29.2 Å². The molecule has 7 nitrogen and oxygen atoms in total. The van der Waals surface area contributed by atoms with Crippen molar-refractivity contribution in [3.05, 3.63) is 84.0 Å². The van der Waals surface area contributed by atoms with E-state index in [0.717, 1.165) is 22.5 Å². The number of likely N-dealkylation sites (tertiary alicyclic amines) is 1. The van der Waals surface area contributed by atoms with Crippen LogP contribution in [0.1, 0.15) is 31.4 Å². The predicted octanol–water partition coefficient (Wildman–Crippen LogP) is 4.51. The Bertz CT molecular complexity index is 1440.